The zero-order valence-electron chi connectivity index (χ0n) is 16.2. The van der Waals surface area contributed by atoms with Crippen LogP contribution in [0.1, 0.15) is 0 Å². The van der Waals surface area contributed by atoms with Crippen LogP contribution < -0.4 is 0 Å². The smallest absolute Gasteiger partial charge is 0.145 e. The first kappa shape index (κ1) is 15.5. The molecule has 31 heavy (non-hydrogen) atoms. The highest BCUT2D eigenvalue weighted by Gasteiger charge is 2.16. The van der Waals surface area contributed by atoms with E-state index >= 15 is 0 Å². The lowest BCUT2D eigenvalue weighted by Crippen LogP contribution is -1.91. The quantitative estimate of drug-likeness (QED) is 0.262. The van der Waals surface area contributed by atoms with E-state index < -0.39 is 0 Å². The van der Waals surface area contributed by atoms with Gasteiger partial charge in [-0.2, -0.15) is 0 Å². The molecule has 3 aromatic carbocycles. The zero-order chi connectivity index (χ0) is 20.1. The molecule has 0 aliphatic heterocycles. The Kier molecular flexibility index (Phi) is 2.60. The fourth-order valence-corrected chi connectivity index (χ4v) is 4.94. The summed E-state index contributed by atoms with van der Waals surface area (Å²) in [5.74, 6) is 0. The van der Waals surface area contributed by atoms with Gasteiger partial charge in [-0.05, 0) is 36.4 Å². The standard InChI is InChI=1S/C26H13N3O2/c1-2-4-22-14(3-1)18-11-25-19(12-24(18)30-22)17-9-21-16(10-23(17)31-25)20-13-27-6-5-15(20)26-28-7-8-29(21)26/h1-13H. The maximum Gasteiger partial charge on any atom is 0.145 e. The van der Waals surface area contributed by atoms with Crippen LogP contribution in [-0.4, -0.2) is 14.4 Å². The Hall–Kier alpha value is -4.38. The van der Waals surface area contributed by atoms with E-state index in [-0.39, 0.29) is 0 Å². The number of para-hydroxylation sites is 1. The predicted octanol–water partition coefficient (Wildman–Crippen LogP) is 6.83. The second-order valence-electron chi connectivity index (χ2n) is 7.95. The van der Waals surface area contributed by atoms with E-state index in [1.165, 1.54) is 0 Å². The Balaban J connectivity index is 1.58. The van der Waals surface area contributed by atoms with Crippen molar-refractivity contribution in [3.8, 4) is 0 Å². The van der Waals surface area contributed by atoms with Gasteiger partial charge in [-0.25, -0.2) is 4.98 Å². The van der Waals surface area contributed by atoms with E-state index in [9.17, 15) is 0 Å². The minimum Gasteiger partial charge on any atom is -0.456 e. The molecule has 0 amide bonds. The van der Waals surface area contributed by atoms with Crippen molar-refractivity contribution in [1.82, 2.24) is 14.4 Å². The summed E-state index contributed by atoms with van der Waals surface area (Å²) in [5, 5.41) is 7.51. The molecule has 8 aromatic rings. The first-order valence-corrected chi connectivity index (χ1v) is 10.2. The Morgan fingerprint density at radius 2 is 1.35 bits per heavy atom. The van der Waals surface area contributed by atoms with Gasteiger partial charge in [-0.1, -0.05) is 18.2 Å². The number of benzene rings is 3. The number of fused-ring (bicyclic) bond motifs is 12. The van der Waals surface area contributed by atoms with Gasteiger partial charge in [0.05, 0.1) is 5.52 Å². The summed E-state index contributed by atoms with van der Waals surface area (Å²) < 4.78 is 14.6. The molecule has 5 nitrogen and oxygen atoms in total. The largest absolute Gasteiger partial charge is 0.456 e. The summed E-state index contributed by atoms with van der Waals surface area (Å²) in [6.45, 7) is 0. The van der Waals surface area contributed by atoms with Gasteiger partial charge in [-0.3, -0.25) is 9.38 Å². The SMILES string of the molecule is c1ccc2c(c1)oc1cc3c(cc12)oc1cc2c4cnccc4c4nccn4c2cc13. The first-order valence-electron chi connectivity index (χ1n) is 10.2. The number of imidazole rings is 1. The van der Waals surface area contributed by atoms with E-state index in [1.807, 2.05) is 49.1 Å². The summed E-state index contributed by atoms with van der Waals surface area (Å²) in [6, 6.07) is 18.6. The minimum absolute atomic E-state index is 0.851. The van der Waals surface area contributed by atoms with E-state index in [4.69, 9.17) is 8.83 Å². The average Bonchev–Trinajstić information content (AvgIpc) is 3.51. The van der Waals surface area contributed by atoms with Crippen molar-refractivity contribution in [1.29, 1.82) is 0 Å². The Labute approximate surface area is 174 Å². The van der Waals surface area contributed by atoms with Gasteiger partial charge in [0.2, 0.25) is 0 Å². The van der Waals surface area contributed by atoms with E-state index in [2.05, 4.69) is 44.7 Å². The van der Waals surface area contributed by atoms with Crippen LogP contribution in [0.3, 0.4) is 0 Å². The maximum absolute atomic E-state index is 6.34. The van der Waals surface area contributed by atoms with Crippen LogP contribution in [0.5, 0.6) is 0 Å². The van der Waals surface area contributed by atoms with Crippen molar-refractivity contribution >= 4 is 71.2 Å². The van der Waals surface area contributed by atoms with Crippen LogP contribution in [0, 0.1) is 0 Å². The summed E-state index contributed by atoms with van der Waals surface area (Å²) in [7, 11) is 0. The molecular weight excluding hydrogens is 386 g/mol. The monoisotopic (exact) mass is 399 g/mol. The molecule has 0 bridgehead atoms. The van der Waals surface area contributed by atoms with Crippen LogP contribution in [-0.2, 0) is 0 Å². The highest BCUT2D eigenvalue weighted by atomic mass is 16.3. The summed E-state index contributed by atoms with van der Waals surface area (Å²) in [5.41, 5.74) is 5.47. The number of hydrogen-bond donors (Lipinski definition) is 0. The summed E-state index contributed by atoms with van der Waals surface area (Å²) >= 11 is 0. The van der Waals surface area contributed by atoms with Gasteiger partial charge in [0.1, 0.15) is 28.0 Å². The number of pyridine rings is 2. The molecule has 8 rings (SSSR count). The van der Waals surface area contributed by atoms with Crippen molar-refractivity contribution in [3.05, 3.63) is 79.4 Å². The van der Waals surface area contributed by atoms with Crippen LogP contribution in [0.4, 0.5) is 0 Å². The van der Waals surface area contributed by atoms with Gasteiger partial charge >= 0.3 is 0 Å². The van der Waals surface area contributed by atoms with Crippen LogP contribution in [0.15, 0.2) is 88.2 Å². The molecule has 144 valence electrons. The zero-order valence-corrected chi connectivity index (χ0v) is 16.2. The molecule has 5 heterocycles. The van der Waals surface area contributed by atoms with Crippen molar-refractivity contribution in [2.75, 3.05) is 0 Å². The lowest BCUT2D eigenvalue weighted by atomic mass is 10.0. The fraction of sp³-hybridized carbons (Fsp3) is 0. The highest BCUT2D eigenvalue weighted by Crippen LogP contribution is 2.39. The van der Waals surface area contributed by atoms with Crippen LogP contribution >= 0.6 is 0 Å². The summed E-state index contributed by atoms with van der Waals surface area (Å²) in [4.78, 5) is 8.95. The number of nitrogens with zero attached hydrogens (tertiary/aromatic N) is 3. The third kappa shape index (κ3) is 1.86. The molecule has 0 fully saturated rings. The molecule has 5 heteroatoms. The summed E-state index contributed by atoms with van der Waals surface area (Å²) in [6.07, 6.45) is 7.55. The third-order valence-electron chi connectivity index (χ3n) is 6.34. The number of furan rings is 2. The molecule has 5 aromatic heterocycles. The maximum atomic E-state index is 6.34. The van der Waals surface area contributed by atoms with Crippen LogP contribution in [0.25, 0.3) is 71.2 Å². The van der Waals surface area contributed by atoms with Crippen molar-refractivity contribution in [3.63, 3.8) is 0 Å². The van der Waals surface area contributed by atoms with Crippen molar-refractivity contribution in [2.24, 2.45) is 0 Å². The van der Waals surface area contributed by atoms with Gasteiger partial charge in [0, 0.05) is 62.5 Å². The van der Waals surface area contributed by atoms with E-state index in [1.54, 1.807) is 0 Å². The minimum atomic E-state index is 0.851. The molecule has 0 unspecified atom stereocenters. The van der Waals surface area contributed by atoms with Crippen LogP contribution in [0.2, 0.25) is 0 Å². The lowest BCUT2D eigenvalue weighted by Gasteiger charge is -2.07. The third-order valence-corrected chi connectivity index (χ3v) is 6.34. The molecule has 0 N–H and O–H groups in total. The number of aromatic nitrogens is 3. The molecular formula is C26H13N3O2. The second kappa shape index (κ2) is 5.21. The lowest BCUT2D eigenvalue weighted by molar-refractivity contribution is 0.664. The van der Waals surface area contributed by atoms with Gasteiger partial charge < -0.3 is 8.83 Å². The Morgan fingerprint density at radius 1 is 0.613 bits per heavy atom. The number of rotatable bonds is 0. The normalized spacial score (nSPS) is 12.5. The molecule has 0 radical (unpaired) electrons. The number of hydrogen-bond acceptors (Lipinski definition) is 4. The second-order valence-corrected chi connectivity index (χ2v) is 7.95. The predicted molar refractivity (Wildman–Crippen MR) is 123 cm³/mol. The van der Waals surface area contributed by atoms with Gasteiger partial charge in [-0.15, -0.1) is 0 Å². The Morgan fingerprint density at radius 3 is 2.26 bits per heavy atom. The Bertz CT molecular complexity index is 2010. The first-order chi connectivity index (χ1) is 15.3. The van der Waals surface area contributed by atoms with E-state index in [0.717, 1.165) is 71.2 Å². The fourth-order valence-electron chi connectivity index (χ4n) is 4.94. The molecule has 0 atom stereocenters. The van der Waals surface area contributed by atoms with Gasteiger partial charge in [0.15, 0.2) is 0 Å². The van der Waals surface area contributed by atoms with Crippen molar-refractivity contribution in [2.45, 2.75) is 0 Å². The van der Waals surface area contributed by atoms with Gasteiger partial charge in [0.25, 0.3) is 0 Å². The topological polar surface area (TPSA) is 56.5 Å². The highest BCUT2D eigenvalue weighted by molar-refractivity contribution is 6.19. The molecule has 0 saturated carbocycles. The van der Waals surface area contributed by atoms with E-state index in [0.29, 0.717) is 0 Å². The molecule has 0 spiro atoms. The molecule has 0 aliphatic carbocycles. The van der Waals surface area contributed by atoms with Crippen molar-refractivity contribution < 1.29 is 8.83 Å². The average molecular weight is 399 g/mol. The molecule has 0 saturated heterocycles. The molecule has 0 aliphatic rings.